The van der Waals surface area contributed by atoms with Crippen molar-refractivity contribution in [1.29, 1.82) is 0 Å². The molecule has 130 valence electrons. The van der Waals surface area contributed by atoms with E-state index < -0.39 is 6.72 Å². The number of esters is 1. The summed E-state index contributed by atoms with van der Waals surface area (Å²) in [7, 11) is 0. The number of unbranched alkanes of at least 4 members (excludes halogenated alkanes) is 8. The van der Waals surface area contributed by atoms with Crippen LogP contribution in [0.4, 0.5) is 0 Å². The van der Waals surface area contributed by atoms with Gasteiger partial charge >= 0.3 is 12.7 Å². The molecule has 0 aliphatic heterocycles. The van der Waals surface area contributed by atoms with Gasteiger partial charge in [0.1, 0.15) is 0 Å². The third-order valence-corrected chi connectivity index (χ3v) is 3.93. The van der Waals surface area contributed by atoms with Crippen LogP contribution in [-0.2, 0) is 25.9 Å². The van der Waals surface area contributed by atoms with Gasteiger partial charge in [0, 0.05) is 6.08 Å². The third kappa shape index (κ3) is 17.8. The number of rotatable bonds is 14. The van der Waals surface area contributed by atoms with Gasteiger partial charge in [0.05, 0.1) is 13.2 Å². The van der Waals surface area contributed by atoms with Crippen molar-refractivity contribution >= 4 is 24.5 Å². The topological polar surface area (TPSA) is 76.0 Å². The average Bonchev–Trinajstić information content (AvgIpc) is 2.43. The first-order chi connectivity index (χ1) is 10.5. The van der Waals surface area contributed by atoms with E-state index in [0.29, 0.717) is 13.2 Å². The molecule has 0 aromatic heterocycles. The second-order valence-electron chi connectivity index (χ2n) is 5.17. The van der Waals surface area contributed by atoms with Crippen LogP contribution in [0.15, 0.2) is 12.2 Å². The van der Waals surface area contributed by atoms with E-state index in [1.807, 2.05) is 0 Å². The number of carbonyl (C=O) groups is 1. The fourth-order valence-electron chi connectivity index (χ4n) is 1.98. The molecule has 0 bridgehead atoms. The summed E-state index contributed by atoms with van der Waals surface area (Å²) < 4.78 is 9.75. The minimum absolute atomic E-state index is 0.260. The van der Waals surface area contributed by atoms with Crippen molar-refractivity contribution < 1.29 is 23.8 Å². The fourth-order valence-corrected chi connectivity index (χ4v) is 2.57. The van der Waals surface area contributed by atoms with Crippen molar-refractivity contribution in [2.75, 3.05) is 13.2 Å². The van der Waals surface area contributed by atoms with Gasteiger partial charge in [0.25, 0.3) is 0 Å². The Bertz CT molecular complexity index is 354. The van der Waals surface area contributed by atoms with Crippen LogP contribution < -0.4 is 0 Å². The summed E-state index contributed by atoms with van der Waals surface area (Å²) in [6.07, 6.45) is 12.9. The normalized spacial score (nSPS) is 12.0. The largest absolute Gasteiger partial charge is 0.463 e. The lowest BCUT2D eigenvalue weighted by Gasteiger charge is -2.07. The molecule has 0 aliphatic carbocycles. The molecule has 0 unspecified atom stereocenters. The minimum Gasteiger partial charge on any atom is -0.463 e. The molecule has 0 rings (SSSR count). The highest BCUT2D eigenvalue weighted by Crippen LogP contribution is 2.36. The van der Waals surface area contributed by atoms with Crippen LogP contribution in [0.25, 0.3) is 0 Å². The summed E-state index contributed by atoms with van der Waals surface area (Å²) in [5.74, 6) is -0.260. The Kier molecular flexibility index (Phi) is 14.2. The molecule has 0 atom stereocenters. The van der Waals surface area contributed by atoms with Gasteiger partial charge in [-0.1, -0.05) is 51.0 Å². The van der Waals surface area contributed by atoms with Crippen LogP contribution in [0.2, 0.25) is 0 Å². The summed E-state index contributed by atoms with van der Waals surface area (Å²) >= 11 is 4.36. The minimum atomic E-state index is -3.46. The first-order valence-electron chi connectivity index (χ1n) is 7.95. The van der Waals surface area contributed by atoms with E-state index in [4.69, 9.17) is 19.0 Å². The number of carbonyl (C=O) groups excluding carboxylic acids is 1. The maximum absolute atomic E-state index is 11.0. The maximum Gasteiger partial charge on any atom is 0.330 e. The quantitative estimate of drug-likeness (QED) is 0.214. The zero-order chi connectivity index (χ0) is 16.7. The number of allylic oxidation sites excluding steroid dienone is 1. The van der Waals surface area contributed by atoms with E-state index in [1.165, 1.54) is 31.8 Å². The smallest absolute Gasteiger partial charge is 0.330 e. The molecule has 0 heterocycles. The second kappa shape index (κ2) is 14.3. The van der Waals surface area contributed by atoms with E-state index >= 15 is 0 Å². The highest BCUT2D eigenvalue weighted by atomic mass is 32.5. The van der Waals surface area contributed by atoms with E-state index in [2.05, 4.69) is 11.8 Å². The molecular formula is C15H29O5PS. The van der Waals surface area contributed by atoms with Crippen LogP contribution in [0, 0.1) is 0 Å². The molecule has 5 nitrogen and oxygen atoms in total. The van der Waals surface area contributed by atoms with Gasteiger partial charge in [-0.15, -0.1) is 0 Å². The van der Waals surface area contributed by atoms with Crippen molar-refractivity contribution in [3.05, 3.63) is 12.2 Å². The highest BCUT2D eigenvalue weighted by molar-refractivity contribution is 8.06. The number of ether oxygens (including phenoxy) is 1. The molecule has 0 saturated heterocycles. The molecule has 0 aromatic rings. The average molecular weight is 352 g/mol. The van der Waals surface area contributed by atoms with Crippen molar-refractivity contribution in [3.63, 3.8) is 0 Å². The Balaban J connectivity index is 3.15. The molecule has 7 heteroatoms. The Morgan fingerprint density at radius 1 is 0.955 bits per heavy atom. The van der Waals surface area contributed by atoms with Gasteiger partial charge in [-0.05, 0) is 31.6 Å². The summed E-state index contributed by atoms with van der Waals surface area (Å²) in [5, 5.41) is 0. The molecule has 0 aromatic carbocycles. The van der Waals surface area contributed by atoms with Gasteiger partial charge in [-0.25, -0.2) is 4.79 Å². The van der Waals surface area contributed by atoms with E-state index in [1.54, 1.807) is 13.0 Å². The fraction of sp³-hybridized carbons (Fsp3) is 0.800. The lowest BCUT2D eigenvalue weighted by molar-refractivity contribution is -0.137. The predicted molar refractivity (Wildman–Crippen MR) is 92.0 cm³/mol. The van der Waals surface area contributed by atoms with Gasteiger partial charge < -0.3 is 19.0 Å². The summed E-state index contributed by atoms with van der Waals surface area (Å²) in [6.45, 7) is -0.829. The molecule has 2 N–H and O–H groups in total. The van der Waals surface area contributed by atoms with Gasteiger partial charge in [-0.3, -0.25) is 0 Å². The lowest BCUT2D eigenvalue weighted by Crippen LogP contribution is -2.01. The summed E-state index contributed by atoms with van der Waals surface area (Å²) in [4.78, 5) is 28.8. The SMILES string of the molecule is CC=CC(=O)OCCCCCCCCCCCOP(O)(O)=S. The van der Waals surface area contributed by atoms with E-state index in [-0.39, 0.29) is 5.97 Å². The van der Waals surface area contributed by atoms with Crippen LogP contribution in [0.3, 0.4) is 0 Å². The first-order valence-corrected chi connectivity index (χ1v) is 10.6. The Labute approximate surface area is 139 Å². The summed E-state index contributed by atoms with van der Waals surface area (Å²) in [5.41, 5.74) is 0. The Hall–Kier alpha value is -0.260. The standard InChI is InChI=1S/C15H29O5PS/c1-2-12-15(16)19-13-10-8-6-4-3-5-7-9-11-14-20-21(17,18)22/h2,12H,3-11,13-14H2,1H3,(H2,17,18,22). The lowest BCUT2D eigenvalue weighted by atomic mass is 10.1. The zero-order valence-corrected chi connectivity index (χ0v) is 15.1. The van der Waals surface area contributed by atoms with Gasteiger partial charge in [0.2, 0.25) is 0 Å². The first kappa shape index (κ1) is 21.7. The van der Waals surface area contributed by atoms with Gasteiger partial charge in [0.15, 0.2) is 0 Å². The van der Waals surface area contributed by atoms with Crippen LogP contribution in [-0.4, -0.2) is 29.0 Å². The molecule has 0 radical (unpaired) electrons. The third-order valence-electron chi connectivity index (χ3n) is 3.10. The predicted octanol–water partition coefficient (Wildman–Crippen LogP) is 3.84. The van der Waals surface area contributed by atoms with E-state index in [0.717, 1.165) is 32.1 Å². The zero-order valence-electron chi connectivity index (χ0n) is 13.4. The Morgan fingerprint density at radius 3 is 1.86 bits per heavy atom. The monoisotopic (exact) mass is 352 g/mol. The van der Waals surface area contributed by atoms with Crippen LogP contribution in [0.5, 0.6) is 0 Å². The van der Waals surface area contributed by atoms with Crippen molar-refractivity contribution in [1.82, 2.24) is 0 Å². The Morgan fingerprint density at radius 2 is 1.41 bits per heavy atom. The maximum atomic E-state index is 11.0. The molecule has 0 spiro atoms. The van der Waals surface area contributed by atoms with Gasteiger partial charge in [-0.2, -0.15) is 0 Å². The van der Waals surface area contributed by atoms with Crippen molar-refractivity contribution in [3.8, 4) is 0 Å². The van der Waals surface area contributed by atoms with Crippen molar-refractivity contribution in [2.24, 2.45) is 0 Å². The molecule has 0 amide bonds. The van der Waals surface area contributed by atoms with E-state index in [9.17, 15) is 4.79 Å². The number of hydrogen-bond donors (Lipinski definition) is 2. The van der Waals surface area contributed by atoms with Crippen LogP contribution >= 0.6 is 6.72 Å². The molecule has 0 fully saturated rings. The molecular weight excluding hydrogens is 323 g/mol. The van der Waals surface area contributed by atoms with Crippen molar-refractivity contribution in [2.45, 2.75) is 64.7 Å². The summed E-state index contributed by atoms with van der Waals surface area (Å²) in [6, 6.07) is 0. The molecule has 0 saturated carbocycles. The molecule has 0 aliphatic rings. The van der Waals surface area contributed by atoms with Crippen LogP contribution in [0.1, 0.15) is 64.7 Å². The highest BCUT2D eigenvalue weighted by Gasteiger charge is 2.06. The second-order valence-corrected chi connectivity index (χ2v) is 7.84. The molecule has 22 heavy (non-hydrogen) atoms. The number of hydrogen-bond acceptors (Lipinski definition) is 4.